The van der Waals surface area contributed by atoms with Crippen LogP contribution in [0, 0.1) is 0 Å². The summed E-state index contributed by atoms with van der Waals surface area (Å²) in [6.45, 7) is 0. The molecular weight excluding hydrogens is 298 g/mol. The summed E-state index contributed by atoms with van der Waals surface area (Å²) in [4.78, 5) is 14.0. The van der Waals surface area contributed by atoms with Crippen LogP contribution in [0.4, 0.5) is 5.69 Å². The normalized spacial score (nSPS) is 18.9. The molecule has 0 unspecified atom stereocenters. The van der Waals surface area contributed by atoms with E-state index in [0.717, 1.165) is 36.9 Å². The quantitative estimate of drug-likeness (QED) is 0.592. The van der Waals surface area contributed by atoms with Crippen LogP contribution in [0.25, 0.3) is 5.57 Å². The lowest BCUT2D eigenvalue weighted by molar-refractivity contribution is -0.112. The Morgan fingerprint density at radius 3 is 2.45 bits per heavy atom. The van der Waals surface area contributed by atoms with Crippen LogP contribution in [0.1, 0.15) is 31.2 Å². The van der Waals surface area contributed by atoms with Gasteiger partial charge in [-0.05, 0) is 43.9 Å². The lowest BCUT2D eigenvalue weighted by Gasteiger charge is -2.09. The Morgan fingerprint density at radius 2 is 1.85 bits per heavy atom. The fraction of sp³-hybridized carbons (Fsp3) is 0.357. The molecule has 4 nitrogen and oxygen atoms in total. The number of likely N-dealkylation sites (N-methyl/N-ethyl adjacent to an activating group) is 1. The first-order valence-electron chi connectivity index (χ1n) is 6.49. The third-order valence-corrected chi connectivity index (χ3v) is 5.31. The molecule has 1 amide bonds. The number of allylic oxidation sites excluding steroid dienone is 1. The van der Waals surface area contributed by atoms with Crippen molar-refractivity contribution in [3.05, 3.63) is 29.3 Å². The lowest BCUT2D eigenvalue weighted by atomic mass is 10.00. The highest BCUT2D eigenvalue weighted by Crippen LogP contribution is 2.42. The second-order valence-electron chi connectivity index (χ2n) is 5.17. The van der Waals surface area contributed by atoms with Crippen molar-refractivity contribution in [3.8, 4) is 0 Å². The van der Waals surface area contributed by atoms with Crippen LogP contribution in [0.5, 0.6) is 0 Å². The van der Waals surface area contributed by atoms with Gasteiger partial charge in [-0.1, -0.05) is 5.57 Å². The van der Waals surface area contributed by atoms with E-state index in [0.29, 0.717) is 11.1 Å². The summed E-state index contributed by atoms with van der Waals surface area (Å²) in [5, 5.41) is 0. The summed E-state index contributed by atoms with van der Waals surface area (Å²) in [7, 11) is 3.32. The van der Waals surface area contributed by atoms with Gasteiger partial charge in [0.25, 0.3) is 15.0 Å². The summed E-state index contributed by atoms with van der Waals surface area (Å²) in [5.41, 5.74) is 3.23. The van der Waals surface area contributed by atoms with Crippen LogP contribution in [-0.2, 0) is 13.8 Å². The van der Waals surface area contributed by atoms with E-state index in [9.17, 15) is 13.2 Å². The summed E-state index contributed by atoms with van der Waals surface area (Å²) in [6.07, 6.45) is 3.98. The number of halogens is 1. The molecule has 2 aliphatic rings. The van der Waals surface area contributed by atoms with Gasteiger partial charge in [-0.25, -0.2) is 8.42 Å². The molecule has 0 N–H and O–H groups in total. The average Bonchev–Trinajstić information content (AvgIpc) is 2.97. The predicted molar refractivity (Wildman–Crippen MR) is 78.3 cm³/mol. The van der Waals surface area contributed by atoms with Gasteiger partial charge in [0.15, 0.2) is 0 Å². The van der Waals surface area contributed by atoms with Gasteiger partial charge in [0.05, 0.1) is 10.6 Å². The molecule has 0 atom stereocenters. The zero-order valence-corrected chi connectivity index (χ0v) is 12.6. The summed E-state index contributed by atoms with van der Waals surface area (Å²) < 4.78 is 22.9. The summed E-state index contributed by atoms with van der Waals surface area (Å²) >= 11 is 0. The van der Waals surface area contributed by atoms with Crippen LogP contribution in [0.3, 0.4) is 0 Å². The number of carbonyl (C=O) groups is 1. The Labute approximate surface area is 122 Å². The number of nitrogens with zero attached hydrogens (tertiary/aromatic N) is 1. The minimum atomic E-state index is -3.79. The van der Waals surface area contributed by atoms with Gasteiger partial charge < -0.3 is 4.90 Å². The highest BCUT2D eigenvalue weighted by atomic mass is 35.7. The van der Waals surface area contributed by atoms with E-state index in [-0.39, 0.29) is 10.8 Å². The number of fused-ring (bicyclic) bond motifs is 1. The largest absolute Gasteiger partial charge is 0.311 e. The summed E-state index contributed by atoms with van der Waals surface area (Å²) in [6, 6.07) is 4.60. The van der Waals surface area contributed by atoms with Crippen LogP contribution in [0.2, 0.25) is 0 Å². The van der Waals surface area contributed by atoms with Gasteiger partial charge in [0, 0.05) is 28.9 Å². The fourth-order valence-electron chi connectivity index (χ4n) is 2.95. The zero-order chi connectivity index (χ0) is 14.5. The second-order valence-corrected chi connectivity index (χ2v) is 7.73. The molecule has 0 saturated heterocycles. The maximum absolute atomic E-state index is 12.4. The van der Waals surface area contributed by atoms with Crippen molar-refractivity contribution in [1.29, 1.82) is 0 Å². The van der Waals surface area contributed by atoms with E-state index in [1.807, 2.05) is 0 Å². The van der Waals surface area contributed by atoms with Crippen molar-refractivity contribution in [2.75, 3.05) is 11.9 Å². The second kappa shape index (κ2) is 4.60. The molecular formula is C14H14ClNO3S. The highest BCUT2D eigenvalue weighted by Gasteiger charge is 2.33. The van der Waals surface area contributed by atoms with Crippen molar-refractivity contribution in [2.45, 2.75) is 30.6 Å². The van der Waals surface area contributed by atoms with E-state index in [1.165, 1.54) is 12.1 Å². The van der Waals surface area contributed by atoms with Crippen molar-refractivity contribution >= 4 is 36.9 Å². The lowest BCUT2D eigenvalue weighted by Crippen LogP contribution is -2.20. The zero-order valence-electron chi connectivity index (χ0n) is 11.0. The van der Waals surface area contributed by atoms with Crippen LogP contribution in [-0.4, -0.2) is 21.4 Å². The molecule has 1 aliphatic carbocycles. The minimum absolute atomic E-state index is 0.0390. The standard InChI is InChI=1S/C14H14ClNO3S/c1-16-12-7-6-10(20(15,18)19)8-11(12)13(14(16)17)9-4-2-3-5-9/h6-8H,2-5H2,1H3. The monoisotopic (exact) mass is 311 g/mol. The number of hydrogen-bond acceptors (Lipinski definition) is 3. The first kappa shape index (κ1) is 13.6. The van der Waals surface area contributed by atoms with Gasteiger partial charge in [-0.3, -0.25) is 4.79 Å². The third kappa shape index (κ3) is 2.05. The van der Waals surface area contributed by atoms with Gasteiger partial charge >= 0.3 is 0 Å². The Balaban J connectivity index is 2.24. The van der Waals surface area contributed by atoms with Crippen molar-refractivity contribution in [1.82, 2.24) is 0 Å². The predicted octanol–water partition coefficient (Wildman–Crippen LogP) is 2.92. The maximum Gasteiger partial charge on any atom is 0.261 e. The van der Waals surface area contributed by atoms with Crippen molar-refractivity contribution in [3.63, 3.8) is 0 Å². The van der Waals surface area contributed by atoms with E-state index in [4.69, 9.17) is 10.7 Å². The Morgan fingerprint density at radius 1 is 1.20 bits per heavy atom. The van der Waals surface area contributed by atoms with Crippen molar-refractivity contribution < 1.29 is 13.2 Å². The number of carbonyl (C=O) groups excluding carboxylic acids is 1. The topological polar surface area (TPSA) is 54.5 Å². The highest BCUT2D eigenvalue weighted by molar-refractivity contribution is 8.13. The SMILES string of the molecule is CN1C(=O)C(=C2CCCC2)c2cc(S(=O)(=O)Cl)ccc21. The molecule has 20 heavy (non-hydrogen) atoms. The van der Waals surface area contributed by atoms with Gasteiger partial charge in [-0.2, -0.15) is 0 Å². The third-order valence-electron chi connectivity index (χ3n) is 3.96. The average molecular weight is 312 g/mol. The van der Waals surface area contributed by atoms with Gasteiger partial charge in [-0.15, -0.1) is 0 Å². The van der Waals surface area contributed by atoms with Crippen LogP contribution in [0.15, 0.2) is 28.7 Å². The van der Waals surface area contributed by atoms with Gasteiger partial charge in [0.1, 0.15) is 0 Å². The van der Waals surface area contributed by atoms with E-state index < -0.39 is 9.05 Å². The molecule has 1 aromatic rings. The molecule has 1 saturated carbocycles. The fourth-order valence-corrected chi connectivity index (χ4v) is 3.72. The molecule has 0 radical (unpaired) electrons. The van der Waals surface area contributed by atoms with Crippen LogP contribution >= 0.6 is 10.7 Å². The number of rotatable bonds is 1. The first-order valence-corrected chi connectivity index (χ1v) is 8.79. The van der Waals surface area contributed by atoms with Gasteiger partial charge in [0.2, 0.25) is 0 Å². The molecule has 6 heteroatoms. The summed E-state index contributed by atoms with van der Waals surface area (Å²) in [5.74, 6) is -0.0546. The molecule has 1 aromatic carbocycles. The molecule has 0 spiro atoms. The molecule has 1 heterocycles. The minimum Gasteiger partial charge on any atom is -0.311 e. The Kier molecular flexibility index (Phi) is 3.14. The van der Waals surface area contributed by atoms with E-state index >= 15 is 0 Å². The number of anilines is 1. The maximum atomic E-state index is 12.4. The van der Waals surface area contributed by atoms with E-state index in [1.54, 1.807) is 18.0 Å². The molecule has 1 aliphatic heterocycles. The molecule has 106 valence electrons. The first-order chi connectivity index (χ1) is 9.39. The molecule has 1 fully saturated rings. The molecule has 0 bridgehead atoms. The number of amides is 1. The van der Waals surface area contributed by atoms with Crippen molar-refractivity contribution in [2.24, 2.45) is 0 Å². The van der Waals surface area contributed by atoms with E-state index in [2.05, 4.69) is 0 Å². The van der Waals surface area contributed by atoms with Crippen LogP contribution < -0.4 is 4.90 Å². The Hall–Kier alpha value is -1.33. The smallest absolute Gasteiger partial charge is 0.261 e. The molecule has 3 rings (SSSR count). The number of benzene rings is 1. The number of hydrogen-bond donors (Lipinski definition) is 0. The Bertz CT molecular complexity index is 729. The molecule has 0 aromatic heterocycles.